The summed E-state index contributed by atoms with van der Waals surface area (Å²) in [6.45, 7) is 5.93. The lowest BCUT2D eigenvalue weighted by Gasteiger charge is -2.24. The van der Waals surface area contributed by atoms with Gasteiger partial charge in [0.2, 0.25) is 11.8 Å². The monoisotopic (exact) mass is 446 g/mol. The predicted molar refractivity (Wildman–Crippen MR) is 129 cm³/mol. The maximum atomic E-state index is 11.6. The third-order valence-electron chi connectivity index (χ3n) is 6.41. The Morgan fingerprint density at radius 2 is 2.00 bits per heavy atom. The fourth-order valence-corrected chi connectivity index (χ4v) is 4.62. The lowest BCUT2D eigenvalue weighted by atomic mass is 10.1. The molecular weight excluding hydrogens is 416 g/mol. The Labute approximate surface area is 194 Å². The van der Waals surface area contributed by atoms with Gasteiger partial charge in [0.1, 0.15) is 12.1 Å². The van der Waals surface area contributed by atoms with Crippen molar-refractivity contribution < 1.29 is 9.53 Å². The van der Waals surface area contributed by atoms with Gasteiger partial charge in [0.15, 0.2) is 0 Å². The summed E-state index contributed by atoms with van der Waals surface area (Å²) >= 11 is 0. The molecule has 0 aliphatic carbocycles. The zero-order valence-corrected chi connectivity index (χ0v) is 18.9. The first-order chi connectivity index (χ1) is 16.3. The van der Waals surface area contributed by atoms with Gasteiger partial charge in [0.05, 0.1) is 12.1 Å². The second kappa shape index (κ2) is 10.1. The molecule has 8 heteroatoms. The van der Waals surface area contributed by atoms with Crippen LogP contribution in [-0.2, 0) is 11.2 Å². The predicted octanol–water partition coefficient (Wildman–Crippen LogP) is 3.28. The number of amides is 1. The maximum Gasteiger partial charge on any atom is 0.225 e. The molecule has 2 aromatic heterocycles. The van der Waals surface area contributed by atoms with Crippen LogP contribution in [0.15, 0.2) is 42.9 Å². The zero-order chi connectivity index (χ0) is 22.5. The molecule has 0 saturated carbocycles. The van der Waals surface area contributed by atoms with Crippen molar-refractivity contribution in [3.8, 4) is 5.88 Å². The smallest absolute Gasteiger partial charge is 0.225 e. The van der Waals surface area contributed by atoms with Gasteiger partial charge in [-0.1, -0.05) is 6.07 Å². The number of nitrogens with one attached hydrogen (secondary N) is 1. The van der Waals surface area contributed by atoms with Crippen LogP contribution >= 0.6 is 0 Å². The van der Waals surface area contributed by atoms with Crippen LogP contribution in [0, 0.1) is 0 Å². The van der Waals surface area contributed by atoms with Crippen LogP contribution in [0.5, 0.6) is 5.88 Å². The van der Waals surface area contributed by atoms with E-state index in [1.165, 1.54) is 5.69 Å². The second-order valence-electron chi connectivity index (χ2n) is 8.68. The SMILES string of the molecule is O=C1CCc2ccc(OCCCCN3CCCN(c4cccc5ncncc45)CC3)nc2N1. The molecule has 2 aliphatic rings. The van der Waals surface area contributed by atoms with Crippen LogP contribution < -0.4 is 15.0 Å². The third kappa shape index (κ3) is 5.22. The van der Waals surface area contributed by atoms with Gasteiger partial charge >= 0.3 is 0 Å². The second-order valence-corrected chi connectivity index (χ2v) is 8.68. The highest BCUT2D eigenvalue weighted by atomic mass is 16.5. The first kappa shape index (κ1) is 21.6. The van der Waals surface area contributed by atoms with Crippen molar-refractivity contribution in [2.45, 2.75) is 32.1 Å². The minimum atomic E-state index is 0.0250. The number of hydrogen-bond donors (Lipinski definition) is 1. The van der Waals surface area contributed by atoms with E-state index in [0.29, 0.717) is 24.7 Å². The molecule has 0 radical (unpaired) electrons. The fraction of sp³-hybridized carbons (Fsp3) is 0.440. The average molecular weight is 447 g/mol. The van der Waals surface area contributed by atoms with E-state index in [2.05, 4.69) is 42.2 Å². The lowest BCUT2D eigenvalue weighted by Crippen LogP contribution is -2.31. The number of fused-ring (bicyclic) bond motifs is 2. The third-order valence-corrected chi connectivity index (χ3v) is 6.41. The Morgan fingerprint density at radius 3 is 2.97 bits per heavy atom. The number of benzene rings is 1. The van der Waals surface area contributed by atoms with E-state index in [9.17, 15) is 4.79 Å². The van der Waals surface area contributed by atoms with Crippen LogP contribution in [-0.4, -0.2) is 65.1 Å². The van der Waals surface area contributed by atoms with E-state index in [1.807, 2.05) is 24.4 Å². The number of nitrogens with zero attached hydrogens (tertiary/aromatic N) is 5. The molecule has 5 rings (SSSR count). The molecule has 172 valence electrons. The van der Waals surface area contributed by atoms with Gasteiger partial charge in [-0.25, -0.2) is 9.97 Å². The van der Waals surface area contributed by atoms with Crippen molar-refractivity contribution in [1.82, 2.24) is 19.9 Å². The summed E-state index contributed by atoms with van der Waals surface area (Å²) in [7, 11) is 0. The molecule has 33 heavy (non-hydrogen) atoms. The molecule has 1 N–H and O–H groups in total. The molecule has 1 amide bonds. The highest BCUT2D eigenvalue weighted by molar-refractivity contribution is 5.93. The van der Waals surface area contributed by atoms with E-state index in [0.717, 1.165) is 74.9 Å². The quantitative estimate of drug-likeness (QED) is 0.558. The number of unbranched alkanes of at least 4 members (excludes halogenated alkanes) is 1. The lowest BCUT2D eigenvalue weighted by molar-refractivity contribution is -0.116. The molecule has 8 nitrogen and oxygen atoms in total. The van der Waals surface area contributed by atoms with Crippen molar-refractivity contribution in [3.05, 3.63) is 48.4 Å². The highest BCUT2D eigenvalue weighted by Gasteiger charge is 2.18. The Bertz CT molecular complexity index is 1120. The largest absolute Gasteiger partial charge is 0.478 e. The maximum absolute atomic E-state index is 11.6. The minimum absolute atomic E-state index is 0.0250. The first-order valence-corrected chi connectivity index (χ1v) is 11.8. The molecule has 0 unspecified atom stereocenters. The van der Waals surface area contributed by atoms with Crippen molar-refractivity contribution in [2.24, 2.45) is 0 Å². The molecule has 3 aromatic rings. The van der Waals surface area contributed by atoms with Gasteiger partial charge in [0, 0.05) is 49.4 Å². The molecule has 0 spiro atoms. The molecule has 1 fully saturated rings. The van der Waals surface area contributed by atoms with Crippen molar-refractivity contribution in [3.63, 3.8) is 0 Å². The number of pyridine rings is 1. The van der Waals surface area contributed by atoms with Gasteiger partial charge in [-0.15, -0.1) is 0 Å². The molecule has 2 aliphatic heterocycles. The number of aryl methyl sites for hydroxylation is 1. The summed E-state index contributed by atoms with van der Waals surface area (Å²) in [5.41, 5.74) is 3.31. The van der Waals surface area contributed by atoms with Crippen molar-refractivity contribution in [2.75, 3.05) is 49.5 Å². The van der Waals surface area contributed by atoms with Gasteiger partial charge in [-0.3, -0.25) is 4.79 Å². The number of aromatic nitrogens is 3. The molecule has 0 atom stereocenters. The zero-order valence-electron chi connectivity index (χ0n) is 18.9. The summed E-state index contributed by atoms with van der Waals surface area (Å²) in [5, 5.41) is 3.95. The fourth-order valence-electron chi connectivity index (χ4n) is 4.62. The highest BCUT2D eigenvalue weighted by Crippen LogP contribution is 2.26. The van der Waals surface area contributed by atoms with Gasteiger partial charge < -0.3 is 19.9 Å². The van der Waals surface area contributed by atoms with E-state index in [1.54, 1.807) is 6.33 Å². The normalized spacial score (nSPS) is 16.8. The van der Waals surface area contributed by atoms with Gasteiger partial charge in [-0.2, -0.15) is 4.98 Å². The molecule has 4 heterocycles. The minimum Gasteiger partial charge on any atom is -0.478 e. The Hall–Kier alpha value is -3.26. The van der Waals surface area contributed by atoms with Gasteiger partial charge in [-0.05, 0) is 62.5 Å². The standard InChI is InChI=1S/C25H30N6O2/c32-23-9-7-19-8-10-24(29-25(19)28-23)33-16-2-1-11-30-12-4-13-31(15-14-30)22-6-3-5-21-20(22)17-26-18-27-21/h3,5-6,8,10,17-18H,1-2,4,7,9,11-16H2,(H,28,29,32). The topological polar surface area (TPSA) is 83.5 Å². The number of carbonyl (C=O) groups excluding carboxylic acids is 1. The molecule has 1 saturated heterocycles. The number of carbonyl (C=O) groups is 1. The van der Waals surface area contributed by atoms with Crippen LogP contribution in [0.4, 0.5) is 11.5 Å². The average Bonchev–Trinajstić information content (AvgIpc) is 3.09. The molecule has 1 aromatic carbocycles. The van der Waals surface area contributed by atoms with E-state index in [4.69, 9.17) is 4.74 Å². The summed E-state index contributed by atoms with van der Waals surface area (Å²) in [6, 6.07) is 10.2. The number of hydrogen-bond acceptors (Lipinski definition) is 7. The van der Waals surface area contributed by atoms with Gasteiger partial charge in [0.25, 0.3) is 0 Å². The number of rotatable bonds is 7. The van der Waals surface area contributed by atoms with Crippen LogP contribution in [0.2, 0.25) is 0 Å². The molecular formula is C25H30N6O2. The van der Waals surface area contributed by atoms with Crippen LogP contribution in [0.3, 0.4) is 0 Å². The van der Waals surface area contributed by atoms with E-state index in [-0.39, 0.29) is 5.91 Å². The summed E-state index contributed by atoms with van der Waals surface area (Å²) in [5.74, 6) is 1.26. The Morgan fingerprint density at radius 1 is 1.03 bits per heavy atom. The molecule has 0 bridgehead atoms. The summed E-state index contributed by atoms with van der Waals surface area (Å²) in [4.78, 5) is 29.7. The summed E-state index contributed by atoms with van der Waals surface area (Å²) in [6.07, 6.45) is 8.02. The van der Waals surface area contributed by atoms with Crippen LogP contribution in [0.1, 0.15) is 31.2 Å². The Balaban J connectivity index is 1.07. The first-order valence-electron chi connectivity index (χ1n) is 11.8. The van der Waals surface area contributed by atoms with E-state index < -0.39 is 0 Å². The Kier molecular flexibility index (Phi) is 6.62. The van der Waals surface area contributed by atoms with E-state index >= 15 is 0 Å². The number of anilines is 2. The van der Waals surface area contributed by atoms with Crippen LogP contribution in [0.25, 0.3) is 10.9 Å². The summed E-state index contributed by atoms with van der Waals surface area (Å²) < 4.78 is 5.84. The number of ether oxygens (including phenoxy) is 1. The van der Waals surface area contributed by atoms with Crippen molar-refractivity contribution >= 4 is 28.3 Å². The van der Waals surface area contributed by atoms with Crippen molar-refractivity contribution in [1.29, 1.82) is 0 Å².